The molecule has 30 heavy (non-hydrogen) atoms. The quantitative estimate of drug-likeness (QED) is 0.501. The van der Waals surface area contributed by atoms with Gasteiger partial charge in [0, 0.05) is 30.1 Å². The van der Waals surface area contributed by atoms with E-state index in [-0.39, 0.29) is 18.1 Å². The molecule has 1 aliphatic heterocycles. The SMILES string of the molecule is O=C(O)c1nn(Cc2cc(-c3ccc(Cl)s3)on2)c2ccc(C(=O)N3CCC3)cc12. The van der Waals surface area contributed by atoms with Crippen molar-refractivity contribution in [1.29, 1.82) is 0 Å². The fourth-order valence-electron chi connectivity index (χ4n) is 3.40. The van der Waals surface area contributed by atoms with Crippen molar-refractivity contribution >= 4 is 45.7 Å². The summed E-state index contributed by atoms with van der Waals surface area (Å²) in [7, 11) is 0. The number of likely N-dealkylation sites (tertiary alicyclic amines) is 1. The predicted molar refractivity (Wildman–Crippen MR) is 111 cm³/mol. The summed E-state index contributed by atoms with van der Waals surface area (Å²) in [5, 5.41) is 18.3. The Kier molecular flexibility index (Phi) is 4.56. The van der Waals surface area contributed by atoms with Crippen molar-refractivity contribution in [1.82, 2.24) is 19.8 Å². The van der Waals surface area contributed by atoms with Crippen LogP contribution in [-0.2, 0) is 6.54 Å². The van der Waals surface area contributed by atoms with Crippen LogP contribution in [0.4, 0.5) is 0 Å². The first-order valence-electron chi connectivity index (χ1n) is 9.24. The van der Waals surface area contributed by atoms with Crippen molar-refractivity contribution in [3.63, 3.8) is 0 Å². The molecule has 1 aromatic carbocycles. The normalized spacial score (nSPS) is 13.6. The molecule has 0 spiro atoms. The van der Waals surface area contributed by atoms with E-state index in [4.69, 9.17) is 16.1 Å². The van der Waals surface area contributed by atoms with E-state index in [2.05, 4.69) is 10.3 Å². The van der Waals surface area contributed by atoms with Crippen LogP contribution in [0.5, 0.6) is 0 Å². The smallest absolute Gasteiger partial charge is 0.357 e. The minimum Gasteiger partial charge on any atom is -0.476 e. The van der Waals surface area contributed by atoms with Gasteiger partial charge >= 0.3 is 5.97 Å². The highest BCUT2D eigenvalue weighted by Gasteiger charge is 2.24. The van der Waals surface area contributed by atoms with Crippen LogP contribution in [0, 0.1) is 0 Å². The molecule has 1 aliphatic rings. The zero-order valence-electron chi connectivity index (χ0n) is 15.5. The lowest BCUT2D eigenvalue weighted by Gasteiger charge is -2.30. The largest absolute Gasteiger partial charge is 0.476 e. The van der Waals surface area contributed by atoms with E-state index in [1.165, 1.54) is 11.3 Å². The molecular weight excluding hydrogens is 428 g/mol. The van der Waals surface area contributed by atoms with Crippen LogP contribution in [0.1, 0.15) is 33.0 Å². The van der Waals surface area contributed by atoms with Crippen molar-refractivity contribution in [3.05, 3.63) is 57.7 Å². The number of thiophene rings is 1. The first-order valence-corrected chi connectivity index (χ1v) is 10.4. The molecule has 1 fully saturated rings. The molecule has 1 amide bonds. The van der Waals surface area contributed by atoms with Crippen LogP contribution in [0.25, 0.3) is 21.5 Å². The fraction of sp³-hybridized carbons (Fsp3) is 0.200. The molecule has 1 saturated heterocycles. The van der Waals surface area contributed by atoms with Crippen LogP contribution in [0.3, 0.4) is 0 Å². The van der Waals surface area contributed by atoms with Gasteiger partial charge in [-0.25, -0.2) is 4.79 Å². The monoisotopic (exact) mass is 442 g/mol. The molecule has 10 heteroatoms. The summed E-state index contributed by atoms with van der Waals surface area (Å²) < 4.78 is 7.60. The number of hydrogen-bond donors (Lipinski definition) is 1. The summed E-state index contributed by atoms with van der Waals surface area (Å²) in [4.78, 5) is 26.8. The molecule has 4 aromatic rings. The summed E-state index contributed by atoms with van der Waals surface area (Å²) in [6, 6.07) is 10.4. The van der Waals surface area contributed by atoms with E-state index >= 15 is 0 Å². The first-order chi connectivity index (χ1) is 14.5. The number of aromatic carboxylic acids is 1. The topological polar surface area (TPSA) is 101 Å². The van der Waals surface area contributed by atoms with Crippen molar-refractivity contribution in [3.8, 4) is 10.6 Å². The molecule has 0 unspecified atom stereocenters. The second-order valence-electron chi connectivity index (χ2n) is 6.98. The average Bonchev–Trinajstić information content (AvgIpc) is 3.39. The number of fused-ring (bicyclic) bond motifs is 1. The van der Waals surface area contributed by atoms with Gasteiger partial charge in [-0.15, -0.1) is 11.3 Å². The molecule has 8 nitrogen and oxygen atoms in total. The maximum absolute atomic E-state index is 12.5. The van der Waals surface area contributed by atoms with Crippen molar-refractivity contribution in [2.45, 2.75) is 13.0 Å². The lowest BCUT2D eigenvalue weighted by molar-refractivity contribution is 0.0649. The maximum Gasteiger partial charge on any atom is 0.357 e. The van der Waals surface area contributed by atoms with E-state index in [1.54, 1.807) is 39.9 Å². The Bertz CT molecular complexity index is 1290. The van der Waals surface area contributed by atoms with Gasteiger partial charge < -0.3 is 14.5 Å². The number of halogens is 1. The summed E-state index contributed by atoms with van der Waals surface area (Å²) in [5.74, 6) is -0.663. The van der Waals surface area contributed by atoms with Gasteiger partial charge in [-0.1, -0.05) is 16.8 Å². The van der Waals surface area contributed by atoms with E-state index < -0.39 is 5.97 Å². The second-order valence-corrected chi connectivity index (χ2v) is 8.69. The molecule has 0 saturated carbocycles. The molecule has 1 N–H and O–H groups in total. The standard InChI is InChI=1S/C20H15ClN4O4S/c21-17-5-4-16(30-17)15-9-12(23-29-15)10-25-14-3-2-11(19(26)24-6-1-7-24)8-13(14)18(22-25)20(27)28/h2-5,8-9H,1,6-7,10H2,(H,27,28). The number of aromatic nitrogens is 3. The maximum atomic E-state index is 12.5. The average molecular weight is 443 g/mol. The van der Waals surface area contributed by atoms with Gasteiger partial charge in [0.15, 0.2) is 11.5 Å². The van der Waals surface area contributed by atoms with Crippen LogP contribution in [-0.4, -0.2) is 49.9 Å². The van der Waals surface area contributed by atoms with Crippen LogP contribution in [0.2, 0.25) is 4.34 Å². The highest BCUT2D eigenvalue weighted by atomic mass is 35.5. The van der Waals surface area contributed by atoms with Crippen LogP contribution in [0.15, 0.2) is 40.9 Å². The van der Waals surface area contributed by atoms with E-state index in [0.29, 0.717) is 32.3 Å². The molecule has 152 valence electrons. The van der Waals surface area contributed by atoms with Crippen molar-refractivity contribution in [2.75, 3.05) is 13.1 Å². The van der Waals surface area contributed by atoms with E-state index in [0.717, 1.165) is 24.4 Å². The third-order valence-corrected chi connectivity index (χ3v) is 6.28. The van der Waals surface area contributed by atoms with Crippen molar-refractivity contribution < 1.29 is 19.2 Å². The predicted octanol–water partition coefficient (Wildman–Crippen LogP) is 4.00. The highest BCUT2D eigenvalue weighted by molar-refractivity contribution is 7.19. The summed E-state index contributed by atoms with van der Waals surface area (Å²) in [6.07, 6.45) is 0.990. The Morgan fingerprint density at radius 3 is 2.70 bits per heavy atom. The Morgan fingerprint density at radius 1 is 1.20 bits per heavy atom. The number of amides is 1. The lowest BCUT2D eigenvalue weighted by Crippen LogP contribution is -2.41. The molecule has 0 atom stereocenters. The number of carbonyl (C=O) groups excluding carboxylic acids is 1. The summed E-state index contributed by atoms with van der Waals surface area (Å²) in [6.45, 7) is 1.68. The highest BCUT2D eigenvalue weighted by Crippen LogP contribution is 2.31. The third-order valence-electron chi connectivity index (χ3n) is 5.03. The Labute approximate surface area is 179 Å². The molecule has 0 bridgehead atoms. The molecule has 0 radical (unpaired) electrons. The fourth-order valence-corrected chi connectivity index (χ4v) is 4.39. The number of hydrogen-bond acceptors (Lipinski definition) is 6. The lowest BCUT2D eigenvalue weighted by atomic mass is 10.1. The number of benzene rings is 1. The number of carboxylic acids is 1. The van der Waals surface area contributed by atoms with E-state index in [9.17, 15) is 14.7 Å². The van der Waals surface area contributed by atoms with Crippen molar-refractivity contribution in [2.24, 2.45) is 0 Å². The number of carboxylic acid groups (broad SMARTS) is 1. The van der Waals surface area contributed by atoms with Gasteiger partial charge in [-0.05, 0) is 36.8 Å². The summed E-state index contributed by atoms with van der Waals surface area (Å²) in [5.41, 5.74) is 1.56. The Balaban J connectivity index is 1.49. The minimum absolute atomic E-state index is 0.0945. The first kappa shape index (κ1) is 18.8. The number of nitrogens with zero attached hydrogens (tertiary/aromatic N) is 4. The third kappa shape index (κ3) is 3.25. The summed E-state index contributed by atoms with van der Waals surface area (Å²) >= 11 is 7.35. The van der Waals surface area contributed by atoms with Gasteiger partial charge in [-0.3, -0.25) is 9.48 Å². The molecular formula is C20H15ClN4O4S. The molecule has 5 rings (SSSR count). The zero-order valence-corrected chi connectivity index (χ0v) is 17.1. The van der Waals surface area contributed by atoms with Gasteiger partial charge in [0.2, 0.25) is 0 Å². The Hall–Kier alpha value is -3.17. The van der Waals surface area contributed by atoms with Gasteiger partial charge in [0.25, 0.3) is 5.91 Å². The van der Waals surface area contributed by atoms with Gasteiger partial charge in [0.05, 0.1) is 21.3 Å². The van der Waals surface area contributed by atoms with Gasteiger partial charge in [0.1, 0.15) is 5.69 Å². The molecule has 3 aromatic heterocycles. The van der Waals surface area contributed by atoms with Gasteiger partial charge in [-0.2, -0.15) is 5.10 Å². The molecule has 0 aliphatic carbocycles. The number of rotatable bonds is 5. The Morgan fingerprint density at radius 2 is 2.03 bits per heavy atom. The minimum atomic E-state index is -1.15. The second kappa shape index (κ2) is 7.26. The zero-order chi connectivity index (χ0) is 20.8. The van der Waals surface area contributed by atoms with Crippen LogP contribution >= 0.6 is 22.9 Å². The van der Waals surface area contributed by atoms with Crippen LogP contribution < -0.4 is 0 Å². The molecule has 4 heterocycles. The number of carbonyl (C=O) groups is 2. The van der Waals surface area contributed by atoms with E-state index in [1.807, 2.05) is 6.07 Å².